The first-order valence-electron chi connectivity index (χ1n) is 8.14. The van der Waals surface area contributed by atoms with E-state index in [1.54, 1.807) is 0 Å². The highest BCUT2D eigenvalue weighted by Crippen LogP contribution is 2.18. The minimum Gasteiger partial charge on any atom is -0.355 e. The zero-order valence-corrected chi connectivity index (χ0v) is 15.1. The molecule has 1 saturated heterocycles. The Kier molecular flexibility index (Phi) is 7.05. The van der Waals surface area contributed by atoms with Crippen LogP contribution in [0.25, 0.3) is 0 Å². The Morgan fingerprint density at radius 1 is 1.17 bits per heavy atom. The highest BCUT2D eigenvalue weighted by molar-refractivity contribution is 9.10. The Morgan fingerprint density at radius 2 is 1.87 bits per heavy atom. The number of piperazine rings is 1. The van der Waals surface area contributed by atoms with Crippen molar-refractivity contribution >= 4 is 27.7 Å². The lowest BCUT2D eigenvalue weighted by Gasteiger charge is -2.34. The van der Waals surface area contributed by atoms with Gasteiger partial charge in [0.1, 0.15) is 0 Å². The van der Waals surface area contributed by atoms with Crippen molar-refractivity contribution in [2.45, 2.75) is 19.8 Å². The molecule has 1 heterocycles. The Hall–Kier alpha value is -1.40. The first-order valence-corrected chi connectivity index (χ1v) is 8.94. The molecule has 0 spiro atoms. The maximum Gasteiger partial charge on any atom is 0.255 e. The van der Waals surface area contributed by atoms with Crippen LogP contribution in [0.2, 0.25) is 0 Å². The highest BCUT2D eigenvalue weighted by Gasteiger charge is 2.24. The molecule has 5 nitrogen and oxygen atoms in total. The van der Waals surface area contributed by atoms with E-state index in [4.69, 9.17) is 0 Å². The average molecular weight is 382 g/mol. The maximum absolute atomic E-state index is 12.5. The van der Waals surface area contributed by atoms with E-state index in [2.05, 4.69) is 33.1 Å². The molecular weight excluding hydrogens is 358 g/mol. The second-order valence-electron chi connectivity index (χ2n) is 5.75. The fourth-order valence-electron chi connectivity index (χ4n) is 2.58. The van der Waals surface area contributed by atoms with Gasteiger partial charge in [0.15, 0.2) is 0 Å². The number of hydrogen-bond donors (Lipinski definition) is 1. The van der Waals surface area contributed by atoms with Gasteiger partial charge in [-0.15, -0.1) is 0 Å². The molecule has 0 radical (unpaired) electrons. The molecule has 0 atom stereocenters. The van der Waals surface area contributed by atoms with Gasteiger partial charge in [-0.05, 0) is 34.5 Å². The molecule has 0 aliphatic carbocycles. The van der Waals surface area contributed by atoms with Gasteiger partial charge in [0, 0.05) is 37.2 Å². The lowest BCUT2D eigenvalue weighted by atomic mass is 10.2. The summed E-state index contributed by atoms with van der Waals surface area (Å²) in [5.74, 6) is 0.119. The zero-order valence-electron chi connectivity index (χ0n) is 13.6. The van der Waals surface area contributed by atoms with Crippen LogP contribution in [0.5, 0.6) is 0 Å². The van der Waals surface area contributed by atoms with Crippen molar-refractivity contribution in [2.75, 3.05) is 39.3 Å². The van der Waals surface area contributed by atoms with Crippen LogP contribution in [0.4, 0.5) is 0 Å². The molecule has 1 fully saturated rings. The Balaban J connectivity index is 1.79. The van der Waals surface area contributed by atoms with E-state index >= 15 is 0 Å². The van der Waals surface area contributed by atoms with Gasteiger partial charge in [0.05, 0.1) is 12.1 Å². The average Bonchev–Trinajstić information content (AvgIpc) is 2.56. The minimum atomic E-state index is 0.0459. The quantitative estimate of drug-likeness (QED) is 0.767. The summed E-state index contributed by atoms with van der Waals surface area (Å²) in [7, 11) is 0. The van der Waals surface area contributed by atoms with Crippen LogP contribution in [0.3, 0.4) is 0 Å². The minimum absolute atomic E-state index is 0.0459. The van der Waals surface area contributed by atoms with Crippen molar-refractivity contribution in [3.05, 3.63) is 34.3 Å². The summed E-state index contributed by atoms with van der Waals surface area (Å²) < 4.78 is 0.822. The number of rotatable bonds is 6. The number of amides is 2. The number of unbranched alkanes of at least 4 members (excludes halogenated alkanes) is 1. The van der Waals surface area contributed by atoms with E-state index in [1.165, 1.54) is 0 Å². The molecule has 0 saturated carbocycles. The summed E-state index contributed by atoms with van der Waals surface area (Å²) >= 11 is 3.43. The van der Waals surface area contributed by atoms with Crippen molar-refractivity contribution in [3.8, 4) is 0 Å². The number of nitrogens with one attached hydrogen (secondary N) is 1. The van der Waals surface area contributed by atoms with Crippen molar-refractivity contribution in [2.24, 2.45) is 0 Å². The number of hydrogen-bond acceptors (Lipinski definition) is 3. The third-order valence-electron chi connectivity index (χ3n) is 3.98. The number of carbonyl (C=O) groups is 2. The van der Waals surface area contributed by atoms with Gasteiger partial charge in [-0.1, -0.05) is 25.5 Å². The first-order chi connectivity index (χ1) is 11.1. The summed E-state index contributed by atoms with van der Waals surface area (Å²) in [6.07, 6.45) is 2.09. The Labute approximate surface area is 146 Å². The van der Waals surface area contributed by atoms with E-state index in [0.717, 1.165) is 36.9 Å². The summed E-state index contributed by atoms with van der Waals surface area (Å²) in [5, 5.41) is 2.93. The van der Waals surface area contributed by atoms with E-state index in [1.807, 2.05) is 29.2 Å². The normalized spacial score (nSPS) is 15.5. The van der Waals surface area contributed by atoms with Crippen LogP contribution in [0.1, 0.15) is 30.1 Å². The number of benzene rings is 1. The van der Waals surface area contributed by atoms with Crippen molar-refractivity contribution in [1.82, 2.24) is 15.1 Å². The van der Waals surface area contributed by atoms with Gasteiger partial charge in [-0.3, -0.25) is 14.5 Å². The Morgan fingerprint density at radius 3 is 2.52 bits per heavy atom. The van der Waals surface area contributed by atoms with Crippen LogP contribution in [0.15, 0.2) is 28.7 Å². The molecule has 6 heteroatoms. The molecule has 1 N–H and O–H groups in total. The van der Waals surface area contributed by atoms with Crippen LogP contribution in [-0.2, 0) is 4.79 Å². The molecule has 23 heavy (non-hydrogen) atoms. The predicted octanol–water partition coefficient (Wildman–Crippen LogP) is 2.12. The maximum atomic E-state index is 12.5. The van der Waals surface area contributed by atoms with E-state index in [-0.39, 0.29) is 11.8 Å². The lowest BCUT2D eigenvalue weighted by molar-refractivity contribution is -0.122. The van der Waals surface area contributed by atoms with Gasteiger partial charge < -0.3 is 10.2 Å². The van der Waals surface area contributed by atoms with Crippen LogP contribution in [-0.4, -0.2) is 60.9 Å². The molecule has 1 aliphatic heterocycles. The van der Waals surface area contributed by atoms with Crippen LogP contribution < -0.4 is 5.32 Å². The van der Waals surface area contributed by atoms with Gasteiger partial charge in [-0.25, -0.2) is 0 Å². The molecule has 1 aromatic rings. The van der Waals surface area contributed by atoms with Crippen LogP contribution >= 0.6 is 15.9 Å². The summed E-state index contributed by atoms with van der Waals surface area (Å²) in [5.41, 5.74) is 0.693. The summed E-state index contributed by atoms with van der Waals surface area (Å²) in [4.78, 5) is 28.3. The lowest BCUT2D eigenvalue weighted by Crippen LogP contribution is -2.51. The second kappa shape index (κ2) is 9.03. The number of nitrogens with zero attached hydrogens (tertiary/aromatic N) is 2. The molecule has 1 aromatic carbocycles. The molecule has 126 valence electrons. The fourth-order valence-corrected chi connectivity index (χ4v) is 3.03. The molecule has 1 aliphatic rings. The SMILES string of the molecule is CCCCNC(=O)CN1CCN(C(=O)c2ccccc2Br)CC1. The molecule has 0 unspecified atom stereocenters. The van der Waals surface area contributed by atoms with Gasteiger partial charge in [0.2, 0.25) is 5.91 Å². The zero-order chi connectivity index (χ0) is 16.7. The van der Waals surface area contributed by atoms with Gasteiger partial charge >= 0.3 is 0 Å². The summed E-state index contributed by atoms with van der Waals surface area (Å²) in [6.45, 7) is 6.05. The summed E-state index contributed by atoms with van der Waals surface area (Å²) in [6, 6.07) is 7.48. The van der Waals surface area contributed by atoms with Gasteiger partial charge in [-0.2, -0.15) is 0 Å². The molecular formula is C17H24BrN3O2. The van der Waals surface area contributed by atoms with Gasteiger partial charge in [0.25, 0.3) is 5.91 Å². The standard InChI is InChI=1S/C17H24BrN3O2/c1-2-3-8-19-16(22)13-20-9-11-21(12-10-20)17(23)14-6-4-5-7-15(14)18/h4-7H,2-3,8-13H2,1H3,(H,19,22). The fraction of sp³-hybridized carbons (Fsp3) is 0.529. The van der Waals surface area contributed by atoms with Crippen molar-refractivity contribution in [1.29, 1.82) is 0 Å². The highest BCUT2D eigenvalue weighted by atomic mass is 79.9. The van der Waals surface area contributed by atoms with E-state index < -0.39 is 0 Å². The predicted molar refractivity (Wildman–Crippen MR) is 94.4 cm³/mol. The van der Waals surface area contributed by atoms with Crippen LogP contribution in [0, 0.1) is 0 Å². The largest absolute Gasteiger partial charge is 0.355 e. The third-order valence-corrected chi connectivity index (χ3v) is 4.67. The van der Waals surface area contributed by atoms with Crippen molar-refractivity contribution < 1.29 is 9.59 Å². The molecule has 0 bridgehead atoms. The van der Waals surface area contributed by atoms with E-state index in [9.17, 15) is 9.59 Å². The van der Waals surface area contributed by atoms with E-state index in [0.29, 0.717) is 25.2 Å². The first kappa shape index (κ1) is 17.9. The topological polar surface area (TPSA) is 52.7 Å². The molecule has 2 amide bonds. The number of halogens is 1. The Bertz CT molecular complexity index is 542. The third kappa shape index (κ3) is 5.32. The number of carbonyl (C=O) groups excluding carboxylic acids is 2. The van der Waals surface area contributed by atoms with Crippen molar-refractivity contribution in [3.63, 3.8) is 0 Å². The molecule has 0 aromatic heterocycles. The molecule has 2 rings (SSSR count). The smallest absolute Gasteiger partial charge is 0.255 e. The second-order valence-corrected chi connectivity index (χ2v) is 6.61. The monoisotopic (exact) mass is 381 g/mol.